The van der Waals surface area contributed by atoms with E-state index >= 15 is 0 Å². The molecular formula is C42H44N4. The van der Waals surface area contributed by atoms with Crippen LogP contribution >= 0.6 is 0 Å². The van der Waals surface area contributed by atoms with Crippen LogP contribution in [0.25, 0.3) is 11.1 Å². The molecule has 0 atom stereocenters. The first-order valence-electron chi connectivity index (χ1n) is 16.4. The Labute approximate surface area is 273 Å². The van der Waals surface area contributed by atoms with Crippen molar-refractivity contribution in [2.75, 3.05) is 0 Å². The minimum Gasteiger partial charge on any atom is -0.358 e. The zero-order valence-corrected chi connectivity index (χ0v) is 28.3. The highest BCUT2D eigenvalue weighted by molar-refractivity contribution is 6.20. The van der Waals surface area contributed by atoms with Gasteiger partial charge < -0.3 is 9.97 Å². The van der Waals surface area contributed by atoms with Crippen molar-refractivity contribution in [3.63, 3.8) is 0 Å². The van der Waals surface area contributed by atoms with Gasteiger partial charge in [0.25, 0.3) is 0 Å². The van der Waals surface area contributed by atoms with Crippen molar-refractivity contribution in [3.8, 4) is 0 Å². The fourth-order valence-electron chi connectivity index (χ4n) is 7.27. The van der Waals surface area contributed by atoms with Gasteiger partial charge in [-0.25, -0.2) is 0 Å². The number of aromatic amines is 2. The van der Waals surface area contributed by atoms with E-state index in [-0.39, 0.29) is 22.7 Å². The normalized spacial score (nSPS) is 22.8. The average molecular weight is 605 g/mol. The number of nitrogens with zero attached hydrogens (tertiary/aromatic N) is 2. The van der Waals surface area contributed by atoms with Crippen LogP contribution in [0.4, 0.5) is 0 Å². The molecule has 46 heavy (non-hydrogen) atoms. The van der Waals surface area contributed by atoms with Gasteiger partial charge in [0.15, 0.2) is 0 Å². The fourth-order valence-corrected chi connectivity index (χ4v) is 7.27. The maximum atomic E-state index is 5.39. The van der Waals surface area contributed by atoms with Crippen molar-refractivity contribution in [1.29, 1.82) is 0 Å². The Morgan fingerprint density at radius 2 is 0.870 bits per heavy atom. The first kappa shape index (κ1) is 30.0. The van der Waals surface area contributed by atoms with Gasteiger partial charge in [0.05, 0.1) is 22.8 Å². The standard InChI is InChI=1S/C42H44N4/c1-25-9-13-27(14-10-25)37-29-17-21-33(43-29)39(41(3,4)5)35-23-19-31(45-35)38(28-15-11-26(2)12-16-28)32-20-24-36(46-32)40(42(6,7)8)34-22-18-30(37)44-34/h9-24,39-40,43,45H,1-8H3/b37-30-,38-32-. The van der Waals surface area contributed by atoms with Gasteiger partial charge in [-0.15, -0.1) is 0 Å². The van der Waals surface area contributed by atoms with E-state index < -0.39 is 0 Å². The highest BCUT2D eigenvalue weighted by Gasteiger charge is 2.36. The van der Waals surface area contributed by atoms with E-state index in [1.807, 2.05) is 0 Å². The van der Waals surface area contributed by atoms with Crippen LogP contribution in [0.2, 0.25) is 0 Å². The number of aliphatic imine (C=N–C) groups is 2. The number of rotatable bonds is 2. The topological polar surface area (TPSA) is 56.3 Å². The lowest BCUT2D eigenvalue weighted by molar-refractivity contribution is 0.349. The summed E-state index contributed by atoms with van der Waals surface area (Å²) in [6, 6.07) is 26.6. The molecule has 0 saturated carbocycles. The number of H-pyrrole nitrogens is 2. The predicted molar refractivity (Wildman–Crippen MR) is 193 cm³/mol. The van der Waals surface area contributed by atoms with Crippen LogP contribution in [0.5, 0.6) is 0 Å². The summed E-state index contributed by atoms with van der Waals surface area (Å²) in [6.45, 7) is 18.1. The van der Waals surface area contributed by atoms with Crippen LogP contribution in [-0.4, -0.2) is 21.4 Å². The molecule has 232 valence electrons. The third-order valence-corrected chi connectivity index (χ3v) is 9.42. The number of aromatic nitrogens is 2. The molecule has 2 aromatic carbocycles. The average Bonchev–Trinajstić information content (AvgIpc) is 3.80. The van der Waals surface area contributed by atoms with E-state index in [0.717, 1.165) is 56.5 Å². The van der Waals surface area contributed by atoms with Gasteiger partial charge in [0.2, 0.25) is 0 Å². The molecule has 0 saturated heterocycles. The molecule has 4 nitrogen and oxygen atoms in total. The molecule has 8 bridgehead atoms. The molecule has 0 fully saturated rings. The Morgan fingerprint density at radius 1 is 0.478 bits per heavy atom. The second kappa shape index (κ2) is 11.0. The van der Waals surface area contributed by atoms with Crippen LogP contribution in [0.1, 0.15) is 92.5 Å². The number of nitrogens with one attached hydrogen (secondary N) is 2. The zero-order valence-electron chi connectivity index (χ0n) is 28.3. The number of hydrogen-bond donors (Lipinski definition) is 2. The largest absolute Gasteiger partial charge is 0.358 e. The quantitative estimate of drug-likeness (QED) is 0.229. The summed E-state index contributed by atoms with van der Waals surface area (Å²) in [5.74, 6) is 0.128. The van der Waals surface area contributed by atoms with Gasteiger partial charge in [-0.3, -0.25) is 9.98 Å². The van der Waals surface area contributed by atoms with Crippen molar-refractivity contribution in [2.24, 2.45) is 26.7 Å². The predicted octanol–water partition coefficient (Wildman–Crippen LogP) is 10.4. The number of benzene rings is 2. The number of hydrogen-bond acceptors (Lipinski definition) is 2. The highest BCUT2D eigenvalue weighted by atomic mass is 14.9. The van der Waals surface area contributed by atoms with Crippen LogP contribution in [0.15, 0.2) is 118 Å². The van der Waals surface area contributed by atoms with E-state index in [1.165, 1.54) is 22.5 Å². The lowest BCUT2D eigenvalue weighted by Crippen LogP contribution is -2.33. The van der Waals surface area contributed by atoms with E-state index in [0.29, 0.717) is 0 Å². The van der Waals surface area contributed by atoms with Gasteiger partial charge in [0, 0.05) is 45.8 Å². The van der Waals surface area contributed by atoms with E-state index in [4.69, 9.17) is 9.98 Å². The smallest absolute Gasteiger partial charge is 0.0733 e. The Hall–Kier alpha value is -4.70. The van der Waals surface area contributed by atoms with Gasteiger partial charge in [-0.2, -0.15) is 0 Å². The van der Waals surface area contributed by atoms with E-state index in [1.54, 1.807) is 0 Å². The zero-order chi connectivity index (χ0) is 32.4. The lowest BCUT2D eigenvalue weighted by atomic mass is 9.75. The molecule has 0 spiro atoms. The summed E-state index contributed by atoms with van der Waals surface area (Å²) in [4.78, 5) is 18.6. The molecule has 4 aromatic rings. The Morgan fingerprint density at radius 3 is 1.24 bits per heavy atom. The molecule has 2 N–H and O–H groups in total. The van der Waals surface area contributed by atoms with Crippen LogP contribution < -0.4 is 0 Å². The summed E-state index contributed by atoms with van der Waals surface area (Å²) in [5, 5.41) is 0. The molecule has 2 aromatic heterocycles. The molecule has 0 unspecified atom stereocenters. The fraction of sp³-hybridized carbons (Fsp3) is 0.286. The van der Waals surface area contributed by atoms with Crippen molar-refractivity contribution < 1.29 is 0 Å². The maximum Gasteiger partial charge on any atom is 0.0733 e. The third-order valence-electron chi connectivity index (χ3n) is 9.42. The molecule has 0 radical (unpaired) electrons. The van der Waals surface area contributed by atoms with Crippen LogP contribution in [0.3, 0.4) is 0 Å². The minimum absolute atomic E-state index is 0.0186. The summed E-state index contributed by atoms with van der Waals surface area (Å²) in [5.41, 5.74) is 15.4. The van der Waals surface area contributed by atoms with Gasteiger partial charge in [0.1, 0.15) is 0 Å². The van der Waals surface area contributed by atoms with Gasteiger partial charge >= 0.3 is 0 Å². The Kier molecular flexibility index (Phi) is 7.15. The summed E-state index contributed by atoms with van der Waals surface area (Å²) in [7, 11) is 0. The van der Waals surface area contributed by atoms with Crippen molar-refractivity contribution in [2.45, 2.75) is 61.3 Å². The summed E-state index contributed by atoms with van der Waals surface area (Å²) in [6.07, 6.45) is 8.78. The van der Waals surface area contributed by atoms with E-state index in [2.05, 4.69) is 162 Å². The minimum atomic E-state index is -0.101. The molecule has 3 aliphatic heterocycles. The summed E-state index contributed by atoms with van der Waals surface area (Å²) < 4.78 is 0. The number of fused-ring (bicyclic) bond motifs is 6. The SMILES string of the molecule is Cc1ccc(/C2=C3\C=CC(=N3)C(C(C)(C)C)C3=N/C(=C(/c4ccc(C)cc4)c4ccc([nH]4)C(C(C)(C)C)c4ccc2[nH]4)C=C3)cc1. The third kappa shape index (κ3) is 5.40. The van der Waals surface area contributed by atoms with Crippen molar-refractivity contribution in [1.82, 2.24) is 9.97 Å². The van der Waals surface area contributed by atoms with Crippen molar-refractivity contribution >= 4 is 22.6 Å². The first-order chi connectivity index (χ1) is 21.9. The molecule has 3 aliphatic rings. The molecule has 5 heterocycles. The maximum absolute atomic E-state index is 5.39. The number of aryl methyl sites for hydroxylation is 2. The monoisotopic (exact) mass is 604 g/mol. The second-order valence-electron chi connectivity index (χ2n) is 15.2. The summed E-state index contributed by atoms with van der Waals surface area (Å²) >= 11 is 0. The van der Waals surface area contributed by atoms with Gasteiger partial charge in [-0.05, 0) is 84.4 Å². The second-order valence-corrected chi connectivity index (χ2v) is 15.2. The molecule has 0 aliphatic carbocycles. The highest BCUT2D eigenvalue weighted by Crippen LogP contribution is 2.43. The van der Waals surface area contributed by atoms with E-state index in [9.17, 15) is 0 Å². The van der Waals surface area contributed by atoms with Crippen LogP contribution in [-0.2, 0) is 0 Å². The number of allylic oxidation sites excluding steroid dienone is 4. The molecule has 7 rings (SSSR count). The Balaban J connectivity index is 1.53. The van der Waals surface area contributed by atoms with Gasteiger partial charge in [-0.1, -0.05) is 101 Å². The van der Waals surface area contributed by atoms with Crippen LogP contribution in [0, 0.1) is 30.6 Å². The Bertz CT molecular complexity index is 1870. The molecular weight excluding hydrogens is 560 g/mol. The molecule has 4 heteroatoms. The molecule has 0 amide bonds. The lowest BCUT2D eigenvalue weighted by Gasteiger charge is -2.30. The first-order valence-corrected chi connectivity index (χ1v) is 16.4. The van der Waals surface area contributed by atoms with Crippen molar-refractivity contribution in [3.05, 3.63) is 154 Å².